The summed E-state index contributed by atoms with van der Waals surface area (Å²) in [5.74, 6) is 1.24. The summed E-state index contributed by atoms with van der Waals surface area (Å²) in [6, 6.07) is 15.8. The molecule has 0 bridgehead atoms. The van der Waals surface area contributed by atoms with Crippen molar-refractivity contribution in [3.05, 3.63) is 66.9 Å². The molecule has 4 rings (SSSR count). The van der Waals surface area contributed by atoms with E-state index in [1.54, 1.807) is 29.7 Å². The lowest BCUT2D eigenvalue weighted by molar-refractivity contribution is 0.162. The minimum Gasteiger partial charge on any atom is -0.467 e. The third-order valence-corrected chi connectivity index (χ3v) is 4.81. The number of thiophene rings is 1. The van der Waals surface area contributed by atoms with Crippen molar-refractivity contribution in [1.82, 2.24) is 9.97 Å². The van der Waals surface area contributed by atoms with Crippen molar-refractivity contribution in [3.63, 3.8) is 0 Å². The van der Waals surface area contributed by atoms with Crippen molar-refractivity contribution in [2.75, 3.05) is 11.9 Å². The zero-order chi connectivity index (χ0) is 16.4. The van der Waals surface area contributed by atoms with Gasteiger partial charge >= 0.3 is 0 Å². The van der Waals surface area contributed by atoms with E-state index in [0.717, 1.165) is 20.7 Å². The van der Waals surface area contributed by atoms with Crippen LogP contribution in [0.3, 0.4) is 0 Å². The van der Waals surface area contributed by atoms with Crippen molar-refractivity contribution in [2.45, 2.75) is 6.10 Å². The second-order valence-corrected chi connectivity index (χ2v) is 6.36. The summed E-state index contributed by atoms with van der Waals surface area (Å²) in [6.45, 7) is 0.316. The molecule has 0 amide bonds. The average molecular weight is 337 g/mol. The van der Waals surface area contributed by atoms with E-state index in [1.807, 2.05) is 18.2 Å². The Morgan fingerprint density at radius 1 is 1.12 bits per heavy atom. The first-order valence-electron chi connectivity index (χ1n) is 7.56. The predicted octanol–water partition coefficient (Wildman–Crippen LogP) is 4.10. The maximum Gasteiger partial charge on any atom is 0.138 e. The molecule has 1 unspecified atom stereocenters. The van der Waals surface area contributed by atoms with Gasteiger partial charge < -0.3 is 14.8 Å². The number of furan rings is 1. The molecule has 1 aromatic carbocycles. The van der Waals surface area contributed by atoms with Crippen LogP contribution < -0.4 is 5.32 Å². The Hall–Kier alpha value is -2.70. The molecule has 0 aliphatic heterocycles. The van der Waals surface area contributed by atoms with E-state index in [2.05, 4.69) is 33.5 Å². The zero-order valence-electron chi connectivity index (χ0n) is 12.7. The summed E-state index contributed by atoms with van der Waals surface area (Å²) in [5, 5.41) is 14.3. The molecule has 0 radical (unpaired) electrons. The summed E-state index contributed by atoms with van der Waals surface area (Å²) in [6.07, 6.45) is 2.36. The number of nitrogens with zero attached hydrogens (tertiary/aromatic N) is 2. The highest BCUT2D eigenvalue weighted by atomic mass is 32.1. The summed E-state index contributed by atoms with van der Waals surface area (Å²) < 4.78 is 5.21. The Bertz CT molecular complexity index is 935. The molecule has 5 nitrogen and oxygen atoms in total. The van der Waals surface area contributed by atoms with Gasteiger partial charge in [-0.25, -0.2) is 9.97 Å². The Morgan fingerprint density at radius 3 is 2.79 bits per heavy atom. The molecule has 0 spiro atoms. The first kappa shape index (κ1) is 14.9. The number of fused-ring (bicyclic) bond motifs is 1. The van der Waals surface area contributed by atoms with E-state index in [0.29, 0.717) is 18.1 Å². The lowest BCUT2D eigenvalue weighted by Gasteiger charge is -2.10. The maximum absolute atomic E-state index is 10.1. The van der Waals surface area contributed by atoms with E-state index in [1.165, 1.54) is 6.33 Å². The van der Waals surface area contributed by atoms with Gasteiger partial charge in [-0.1, -0.05) is 30.3 Å². The molecule has 120 valence electrons. The summed E-state index contributed by atoms with van der Waals surface area (Å²) in [5.41, 5.74) is 1.15. The molecular weight excluding hydrogens is 322 g/mol. The lowest BCUT2D eigenvalue weighted by atomic mass is 10.2. The van der Waals surface area contributed by atoms with Crippen LogP contribution >= 0.6 is 11.3 Å². The molecule has 3 aromatic heterocycles. The van der Waals surface area contributed by atoms with Crippen LogP contribution in [0.2, 0.25) is 0 Å². The van der Waals surface area contributed by atoms with Crippen LogP contribution in [0, 0.1) is 0 Å². The number of benzene rings is 1. The van der Waals surface area contributed by atoms with E-state index in [9.17, 15) is 5.11 Å². The Morgan fingerprint density at radius 2 is 2.00 bits per heavy atom. The molecule has 6 heteroatoms. The molecular formula is C18H15N3O2S. The van der Waals surface area contributed by atoms with Gasteiger partial charge in [-0.15, -0.1) is 11.3 Å². The second kappa shape index (κ2) is 6.43. The van der Waals surface area contributed by atoms with Crippen molar-refractivity contribution in [1.29, 1.82) is 0 Å². The Kier molecular flexibility index (Phi) is 3.98. The van der Waals surface area contributed by atoms with Gasteiger partial charge in [0, 0.05) is 11.4 Å². The van der Waals surface area contributed by atoms with Gasteiger partial charge in [-0.3, -0.25) is 0 Å². The fourth-order valence-electron chi connectivity index (χ4n) is 2.52. The zero-order valence-corrected chi connectivity index (χ0v) is 13.5. The highest BCUT2D eigenvalue weighted by molar-refractivity contribution is 7.21. The minimum absolute atomic E-state index is 0.316. The van der Waals surface area contributed by atoms with Gasteiger partial charge in [0.15, 0.2) is 0 Å². The first-order valence-corrected chi connectivity index (χ1v) is 8.38. The van der Waals surface area contributed by atoms with Crippen LogP contribution in [0.1, 0.15) is 11.9 Å². The van der Waals surface area contributed by atoms with Gasteiger partial charge in [0.2, 0.25) is 0 Å². The lowest BCUT2D eigenvalue weighted by Crippen LogP contribution is -2.12. The van der Waals surface area contributed by atoms with Crippen LogP contribution in [-0.2, 0) is 0 Å². The SMILES string of the molecule is OC(CNc1ncnc2sc(-c3ccccc3)cc12)c1ccco1. The minimum atomic E-state index is -0.725. The Labute approximate surface area is 142 Å². The quantitative estimate of drug-likeness (QED) is 0.574. The third-order valence-electron chi connectivity index (χ3n) is 3.72. The fourth-order valence-corrected chi connectivity index (χ4v) is 3.52. The van der Waals surface area contributed by atoms with Crippen molar-refractivity contribution in [2.24, 2.45) is 0 Å². The van der Waals surface area contributed by atoms with Crippen molar-refractivity contribution in [3.8, 4) is 10.4 Å². The number of aromatic nitrogens is 2. The fraction of sp³-hybridized carbons (Fsp3) is 0.111. The normalized spacial score (nSPS) is 12.4. The third kappa shape index (κ3) is 2.89. The summed E-state index contributed by atoms with van der Waals surface area (Å²) >= 11 is 1.62. The van der Waals surface area contributed by atoms with E-state index in [4.69, 9.17) is 4.42 Å². The van der Waals surface area contributed by atoms with Gasteiger partial charge in [0.1, 0.15) is 28.8 Å². The smallest absolute Gasteiger partial charge is 0.138 e. The van der Waals surface area contributed by atoms with Crippen LogP contribution in [-0.4, -0.2) is 21.6 Å². The molecule has 0 saturated heterocycles. The van der Waals surface area contributed by atoms with E-state index in [-0.39, 0.29) is 0 Å². The van der Waals surface area contributed by atoms with Gasteiger partial charge in [0.05, 0.1) is 11.6 Å². The van der Waals surface area contributed by atoms with Crippen molar-refractivity contribution >= 4 is 27.4 Å². The van der Waals surface area contributed by atoms with Gasteiger partial charge in [-0.2, -0.15) is 0 Å². The Balaban J connectivity index is 1.60. The van der Waals surface area contributed by atoms with Gasteiger partial charge in [0.25, 0.3) is 0 Å². The number of nitrogens with one attached hydrogen (secondary N) is 1. The van der Waals surface area contributed by atoms with E-state index < -0.39 is 6.10 Å². The molecule has 0 saturated carbocycles. The molecule has 24 heavy (non-hydrogen) atoms. The number of hydrogen-bond donors (Lipinski definition) is 2. The van der Waals surface area contributed by atoms with Crippen LogP contribution in [0.4, 0.5) is 5.82 Å². The number of anilines is 1. The number of aliphatic hydroxyl groups excluding tert-OH is 1. The number of rotatable bonds is 5. The molecule has 0 aliphatic carbocycles. The molecule has 0 aliphatic rings. The molecule has 2 N–H and O–H groups in total. The summed E-state index contributed by atoms with van der Waals surface area (Å²) in [7, 11) is 0. The molecule has 3 heterocycles. The van der Waals surface area contributed by atoms with Crippen molar-refractivity contribution < 1.29 is 9.52 Å². The van der Waals surface area contributed by atoms with Crippen LogP contribution in [0.5, 0.6) is 0 Å². The highest BCUT2D eigenvalue weighted by Gasteiger charge is 2.13. The van der Waals surface area contributed by atoms with Crippen LogP contribution in [0.25, 0.3) is 20.7 Å². The van der Waals surface area contributed by atoms with Crippen LogP contribution in [0.15, 0.2) is 65.5 Å². The number of aliphatic hydroxyl groups is 1. The monoisotopic (exact) mass is 337 g/mol. The first-order chi connectivity index (χ1) is 11.8. The highest BCUT2D eigenvalue weighted by Crippen LogP contribution is 2.34. The molecule has 1 atom stereocenters. The molecule has 0 fully saturated rings. The van der Waals surface area contributed by atoms with Gasteiger partial charge in [-0.05, 0) is 23.8 Å². The predicted molar refractivity (Wildman–Crippen MR) is 95.0 cm³/mol. The standard InChI is InChI=1S/C18H15N3O2S/c22-14(15-7-4-8-23-15)10-19-17-13-9-16(12-5-2-1-3-6-12)24-18(13)21-11-20-17/h1-9,11,14,22H,10H2,(H,19,20,21). The largest absolute Gasteiger partial charge is 0.467 e. The number of hydrogen-bond acceptors (Lipinski definition) is 6. The topological polar surface area (TPSA) is 71.2 Å². The summed E-state index contributed by atoms with van der Waals surface area (Å²) in [4.78, 5) is 10.7. The van der Waals surface area contributed by atoms with E-state index >= 15 is 0 Å². The maximum atomic E-state index is 10.1. The molecule has 4 aromatic rings. The second-order valence-electron chi connectivity index (χ2n) is 5.33. The average Bonchev–Trinajstić information content (AvgIpc) is 3.30.